The van der Waals surface area contributed by atoms with Gasteiger partial charge in [-0.25, -0.2) is 4.98 Å². The van der Waals surface area contributed by atoms with E-state index in [-0.39, 0.29) is 49.5 Å². The van der Waals surface area contributed by atoms with Crippen molar-refractivity contribution in [2.24, 2.45) is 0 Å². The normalized spacial score (nSPS) is 15.9. The number of rotatable bonds is 4. The van der Waals surface area contributed by atoms with Gasteiger partial charge >= 0.3 is 0 Å². The topological polar surface area (TPSA) is 17.8 Å². The highest BCUT2D eigenvalue weighted by Crippen LogP contribution is 2.43. The summed E-state index contributed by atoms with van der Waals surface area (Å²) in [6.45, 7) is 0. The van der Waals surface area contributed by atoms with E-state index in [4.69, 9.17) is 17.3 Å². The average Bonchev–Trinajstić information content (AvgIpc) is 3.57. The van der Waals surface area contributed by atoms with Crippen LogP contribution in [-0.2, 0) is 0 Å². The number of aromatic nitrogens is 2. The Morgan fingerprint density at radius 3 is 1.80 bits per heavy atom. The number of imidazole rings is 1. The summed E-state index contributed by atoms with van der Waals surface area (Å²) in [5.74, 6) is 0.371. The molecule has 0 atom stereocenters. The lowest BCUT2D eigenvalue weighted by Crippen LogP contribution is -2.01. The van der Waals surface area contributed by atoms with Crippen LogP contribution in [0.2, 0.25) is 0 Å². The number of nitrogens with zero attached hydrogens (tertiary/aromatic N) is 2. The molecule has 0 saturated carbocycles. The second-order valence-corrected chi connectivity index (χ2v) is 9.43. The predicted molar refractivity (Wildman–Crippen MR) is 172 cm³/mol. The van der Waals surface area contributed by atoms with Gasteiger partial charge in [0.15, 0.2) is 0 Å². The monoisotopic (exact) mass is 535 g/mol. The number of para-hydroxylation sites is 2. The Labute approximate surface area is 257 Å². The molecule has 41 heavy (non-hydrogen) atoms. The van der Waals surface area contributed by atoms with Crippen LogP contribution in [0.5, 0.6) is 0 Å². The third kappa shape index (κ3) is 3.84. The molecule has 0 aliphatic carbocycles. The summed E-state index contributed by atoms with van der Waals surface area (Å²) in [6.07, 6.45) is 0. The Kier molecular flexibility index (Phi) is 3.22. The molecular formula is C39H26N2. The zero-order valence-electron chi connectivity index (χ0n) is 34.4. The molecule has 192 valence electrons. The molecule has 1 heterocycles. The standard InChI is InChI=1S/C39H26N2/c1-3-14-27(15-4-1)29-18-13-19-30(26-29)37-31-20-7-9-22-33(31)38(34-23-10-8-21-32(34)37)41-36-25-12-11-24-35(36)40-39(41)28-16-5-2-6-17-28/h1-26H/i1D,3D,4D,7D,8D,9D,10D,14D,15D,20D,21D,22D,23D. The molecule has 0 radical (unpaired) electrons. The van der Waals surface area contributed by atoms with E-state index < -0.39 is 78.6 Å². The fourth-order valence-electron chi connectivity index (χ4n) is 5.38. The van der Waals surface area contributed by atoms with Crippen LogP contribution < -0.4 is 0 Å². The highest BCUT2D eigenvalue weighted by Gasteiger charge is 2.21. The molecule has 0 spiro atoms. The molecule has 0 aliphatic heterocycles. The summed E-state index contributed by atoms with van der Waals surface area (Å²) in [5.41, 5.74) is 2.17. The summed E-state index contributed by atoms with van der Waals surface area (Å²) in [6, 6.07) is 15.9. The minimum absolute atomic E-state index is 0.0259. The molecule has 1 aromatic heterocycles. The molecule has 0 aliphatic rings. The number of fused-ring (bicyclic) bond motifs is 3. The van der Waals surface area contributed by atoms with E-state index in [1.54, 1.807) is 47.0 Å². The van der Waals surface area contributed by atoms with Crippen molar-refractivity contribution in [1.29, 1.82) is 0 Å². The van der Waals surface area contributed by atoms with Crippen molar-refractivity contribution in [2.75, 3.05) is 0 Å². The highest BCUT2D eigenvalue weighted by atomic mass is 15.1. The summed E-state index contributed by atoms with van der Waals surface area (Å²) >= 11 is 0. The maximum Gasteiger partial charge on any atom is 0.145 e. The Bertz CT molecular complexity index is 2810. The number of hydrogen-bond acceptors (Lipinski definition) is 1. The summed E-state index contributed by atoms with van der Waals surface area (Å²) in [7, 11) is 0. The molecule has 2 heteroatoms. The largest absolute Gasteiger partial charge is 0.291 e. The Morgan fingerprint density at radius 2 is 1.07 bits per heavy atom. The number of hydrogen-bond donors (Lipinski definition) is 0. The molecule has 2 nitrogen and oxygen atoms in total. The fraction of sp³-hybridized carbons (Fsp3) is 0. The van der Waals surface area contributed by atoms with E-state index in [1.807, 2.05) is 30.3 Å². The molecule has 0 unspecified atom stereocenters. The maximum atomic E-state index is 9.38. The van der Waals surface area contributed by atoms with Crippen molar-refractivity contribution < 1.29 is 17.8 Å². The summed E-state index contributed by atoms with van der Waals surface area (Å²) < 4.78 is 116. The number of benzene rings is 7. The lowest BCUT2D eigenvalue weighted by molar-refractivity contribution is 1.13. The van der Waals surface area contributed by atoms with E-state index in [0.717, 1.165) is 0 Å². The molecule has 0 amide bonds. The average molecular weight is 536 g/mol. The van der Waals surface area contributed by atoms with Crippen LogP contribution in [0.25, 0.3) is 71.9 Å². The smallest absolute Gasteiger partial charge is 0.145 e. The van der Waals surface area contributed by atoms with Crippen LogP contribution in [0, 0.1) is 0 Å². The van der Waals surface area contributed by atoms with E-state index >= 15 is 0 Å². The Hall–Kier alpha value is -5.47. The van der Waals surface area contributed by atoms with Crippen LogP contribution in [0.4, 0.5) is 0 Å². The molecule has 0 bridgehead atoms. The van der Waals surface area contributed by atoms with Crippen LogP contribution in [-0.4, -0.2) is 9.55 Å². The first kappa shape index (κ1) is 13.7. The van der Waals surface area contributed by atoms with Crippen molar-refractivity contribution in [3.63, 3.8) is 0 Å². The van der Waals surface area contributed by atoms with Gasteiger partial charge in [0.05, 0.1) is 34.5 Å². The second-order valence-electron chi connectivity index (χ2n) is 9.43. The van der Waals surface area contributed by atoms with E-state index in [0.29, 0.717) is 22.4 Å². The van der Waals surface area contributed by atoms with Crippen molar-refractivity contribution in [2.45, 2.75) is 0 Å². The van der Waals surface area contributed by atoms with Gasteiger partial charge in [-0.15, -0.1) is 0 Å². The second kappa shape index (κ2) is 9.62. The predicted octanol–water partition coefficient (Wildman–Crippen LogP) is 10.3. The van der Waals surface area contributed by atoms with Gasteiger partial charge in [-0.1, -0.05) is 139 Å². The summed E-state index contributed by atoms with van der Waals surface area (Å²) in [5, 5.41) is -0.128. The first-order chi connectivity index (χ1) is 25.8. The van der Waals surface area contributed by atoms with Crippen LogP contribution in [0.15, 0.2) is 157 Å². The van der Waals surface area contributed by atoms with E-state index in [2.05, 4.69) is 0 Å². The quantitative estimate of drug-likeness (QED) is 0.205. The molecular weight excluding hydrogens is 496 g/mol. The molecule has 8 aromatic rings. The zero-order valence-corrected chi connectivity index (χ0v) is 21.4. The minimum atomic E-state index is -0.569. The highest BCUT2D eigenvalue weighted by molar-refractivity contribution is 6.19. The zero-order chi connectivity index (χ0) is 38.5. The maximum absolute atomic E-state index is 9.38. The van der Waals surface area contributed by atoms with Crippen molar-refractivity contribution in [3.05, 3.63) is 157 Å². The minimum Gasteiger partial charge on any atom is -0.291 e. The van der Waals surface area contributed by atoms with Gasteiger partial charge in [0.2, 0.25) is 0 Å². The van der Waals surface area contributed by atoms with Gasteiger partial charge in [-0.2, -0.15) is 0 Å². The Morgan fingerprint density at radius 1 is 0.488 bits per heavy atom. The molecule has 0 N–H and O–H groups in total. The molecule has 7 aromatic carbocycles. The lowest BCUT2D eigenvalue weighted by Gasteiger charge is -2.20. The van der Waals surface area contributed by atoms with Gasteiger partial charge in [-0.05, 0) is 51.2 Å². The molecule has 8 rings (SSSR count). The van der Waals surface area contributed by atoms with Crippen LogP contribution in [0.1, 0.15) is 17.8 Å². The van der Waals surface area contributed by atoms with Crippen LogP contribution >= 0.6 is 0 Å². The van der Waals surface area contributed by atoms with Crippen molar-refractivity contribution in [1.82, 2.24) is 9.55 Å². The third-order valence-electron chi connectivity index (χ3n) is 7.10. The van der Waals surface area contributed by atoms with Gasteiger partial charge in [-0.3, -0.25) is 4.57 Å². The molecule has 0 fully saturated rings. The van der Waals surface area contributed by atoms with Gasteiger partial charge in [0.1, 0.15) is 5.82 Å². The first-order valence-electron chi connectivity index (χ1n) is 19.4. The van der Waals surface area contributed by atoms with Gasteiger partial charge in [0, 0.05) is 16.3 Å². The van der Waals surface area contributed by atoms with E-state index in [1.165, 1.54) is 6.07 Å². The van der Waals surface area contributed by atoms with E-state index in [9.17, 15) is 5.48 Å². The SMILES string of the molecule is [2H]c1c([2H])c([2H])c(-c2cccc(-c3c4c([2H])c([2H])c([2H])c([2H])c4c(-n4c(-c5ccccc5)nc5ccccc54)c4c([2H])c([2H])c([2H])c([2H])c34)c2)c([2H])c1[2H]. The van der Waals surface area contributed by atoms with Crippen LogP contribution in [0.3, 0.4) is 0 Å². The van der Waals surface area contributed by atoms with Gasteiger partial charge in [0.25, 0.3) is 0 Å². The Balaban J connectivity index is 1.65. The molecule has 0 saturated heterocycles. The summed E-state index contributed by atoms with van der Waals surface area (Å²) in [4.78, 5) is 4.92. The first-order valence-corrected chi connectivity index (χ1v) is 12.9. The third-order valence-corrected chi connectivity index (χ3v) is 7.10. The van der Waals surface area contributed by atoms with Crippen molar-refractivity contribution >= 4 is 32.6 Å². The lowest BCUT2D eigenvalue weighted by atomic mass is 9.89. The van der Waals surface area contributed by atoms with Crippen molar-refractivity contribution in [3.8, 4) is 39.3 Å². The fourth-order valence-corrected chi connectivity index (χ4v) is 5.38. The van der Waals surface area contributed by atoms with Gasteiger partial charge < -0.3 is 0 Å².